The van der Waals surface area contributed by atoms with Crippen LogP contribution in [0, 0.1) is 17.8 Å². The number of hydrogen-bond acceptors (Lipinski definition) is 11. The van der Waals surface area contributed by atoms with Crippen LogP contribution in [0.1, 0.15) is 110 Å². The molecule has 6 heterocycles. The van der Waals surface area contributed by atoms with Gasteiger partial charge < -0.3 is 29.4 Å². The van der Waals surface area contributed by atoms with Gasteiger partial charge in [0.15, 0.2) is 22.7 Å². The minimum Gasteiger partial charge on any atom is -0.482 e. The largest absolute Gasteiger partial charge is 0.482 e. The van der Waals surface area contributed by atoms with E-state index in [-0.39, 0.29) is 49.6 Å². The Balaban J connectivity index is 1.33. The first-order valence-electron chi connectivity index (χ1n) is 20.1. The monoisotopic (exact) mass is 777 g/mol. The summed E-state index contributed by atoms with van der Waals surface area (Å²) in [5.74, 6) is -0.440. The smallest absolute Gasteiger partial charge is 0.315 e. The van der Waals surface area contributed by atoms with Crippen LogP contribution in [0.2, 0.25) is 0 Å². The Morgan fingerprint density at radius 3 is 2.51 bits per heavy atom. The average molecular weight is 778 g/mol. The number of allylic oxidation sites excluding steroid dienone is 4. The lowest BCUT2D eigenvalue weighted by Gasteiger charge is -2.64. The van der Waals surface area contributed by atoms with Crippen LogP contribution < -0.4 is 19.5 Å². The number of nitrogens with one attached hydrogen (secondary N) is 1. The summed E-state index contributed by atoms with van der Waals surface area (Å²) in [5.41, 5.74) is 1.86. The molecule has 8 aliphatic rings. The Morgan fingerprint density at radius 2 is 1.77 bits per heavy atom. The van der Waals surface area contributed by atoms with Gasteiger partial charge in [-0.1, -0.05) is 29.4 Å². The highest BCUT2D eigenvalue weighted by atomic mass is 16.6. The summed E-state index contributed by atoms with van der Waals surface area (Å²) in [6, 6.07) is -0.496. The summed E-state index contributed by atoms with van der Waals surface area (Å²) in [5, 5.41) is 16.7. The van der Waals surface area contributed by atoms with Gasteiger partial charge in [0.1, 0.15) is 23.4 Å². The molecule has 5 aliphatic heterocycles. The molecule has 0 radical (unpaired) electrons. The van der Waals surface area contributed by atoms with Gasteiger partial charge in [0, 0.05) is 35.9 Å². The Hall–Kier alpha value is -4.88. The van der Waals surface area contributed by atoms with Gasteiger partial charge in [-0.05, 0) is 92.7 Å². The molecule has 2 aromatic rings. The van der Waals surface area contributed by atoms with Gasteiger partial charge in [-0.15, -0.1) is 0 Å². The maximum atomic E-state index is 15.4. The van der Waals surface area contributed by atoms with Crippen LogP contribution in [0.5, 0.6) is 17.2 Å². The van der Waals surface area contributed by atoms with Crippen LogP contribution >= 0.6 is 0 Å². The normalized spacial score (nSPS) is 31.6. The maximum Gasteiger partial charge on any atom is 0.315 e. The minimum absolute atomic E-state index is 0.0681. The number of fused-ring (bicyclic) bond motifs is 4. The fourth-order valence-corrected chi connectivity index (χ4v) is 11.0. The standard InChI is InChI=1S/C44H51N5O8/c1-22(2)10-9-14-42(8)20-25-18-29(51)54-37-30(25)35(55-42)26(12-11-23(3)4)36-31(37)33-32-34(49-40(48-33)46-21-47-49)27-19-28-41(6,7)57-43(38(27)52,44(28,32)56-36)15-13-24(5)39(53)45-16-17-50/h10-11,13,20-21,27-28,32,34,50H,9,12,14-19H2,1-8H3,(H,45,53). The van der Waals surface area contributed by atoms with E-state index >= 15 is 4.79 Å². The number of aliphatic hydroxyl groups is 1. The first kappa shape index (κ1) is 37.7. The zero-order chi connectivity index (χ0) is 40.4. The summed E-state index contributed by atoms with van der Waals surface area (Å²) in [6.07, 6.45) is 12.2. The second-order valence-corrected chi connectivity index (χ2v) is 18.0. The van der Waals surface area contributed by atoms with Crippen molar-refractivity contribution in [3.8, 4) is 17.2 Å². The van der Waals surface area contributed by atoms with Crippen molar-refractivity contribution in [3.05, 3.63) is 64.0 Å². The van der Waals surface area contributed by atoms with E-state index in [9.17, 15) is 14.7 Å². The van der Waals surface area contributed by atoms with Crippen LogP contribution in [0.4, 0.5) is 5.95 Å². The summed E-state index contributed by atoms with van der Waals surface area (Å²) in [7, 11) is 0. The number of aliphatic hydroxyl groups excluding tert-OH is 1. The van der Waals surface area contributed by atoms with Crippen molar-refractivity contribution in [2.24, 2.45) is 22.7 Å². The number of amides is 1. The topological polar surface area (TPSA) is 163 Å². The molecule has 7 atom stereocenters. The number of rotatable bonds is 10. The van der Waals surface area contributed by atoms with Crippen molar-refractivity contribution in [1.82, 2.24) is 20.1 Å². The molecule has 1 aromatic carbocycles. The molecule has 10 rings (SSSR count). The maximum absolute atomic E-state index is 15.4. The van der Waals surface area contributed by atoms with Gasteiger partial charge in [0.25, 0.3) is 0 Å². The molecule has 300 valence electrons. The van der Waals surface area contributed by atoms with Gasteiger partial charge in [-0.25, -0.2) is 9.67 Å². The molecule has 13 nitrogen and oxygen atoms in total. The van der Waals surface area contributed by atoms with E-state index < -0.39 is 40.3 Å². The molecule has 1 spiro atoms. The van der Waals surface area contributed by atoms with E-state index in [0.29, 0.717) is 59.3 Å². The molecular formula is C44H51N5O8. The van der Waals surface area contributed by atoms with E-state index in [1.807, 2.05) is 27.7 Å². The quantitative estimate of drug-likeness (QED) is 0.126. The van der Waals surface area contributed by atoms with E-state index in [1.165, 1.54) is 11.9 Å². The van der Waals surface area contributed by atoms with Crippen molar-refractivity contribution in [3.63, 3.8) is 0 Å². The van der Waals surface area contributed by atoms with E-state index in [1.54, 1.807) is 17.7 Å². The molecule has 2 N–H and O–H groups in total. The summed E-state index contributed by atoms with van der Waals surface area (Å²) in [4.78, 5) is 52.0. The van der Waals surface area contributed by atoms with Crippen molar-refractivity contribution >= 4 is 34.9 Å². The summed E-state index contributed by atoms with van der Waals surface area (Å²) >= 11 is 0. The van der Waals surface area contributed by atoms with Crippen LogP contribution in [-0.4, -0.2) is 78.8 Å². The first-order chi connectivity index (χ1) is 27.1. The van der Waals surface area contributed by atoms with E-state index in [2.05, 4.69) is 54.4 Å². The second-order valence-electron chi connectivity index (χ2n) is 18.0. The number of Topliss-reactive ketones (excluding diaryl/α,β-unsaturated/α-hetero) is 1. The Kier molecular flexibility index (Phi) is 8.47. The number of aromatic nitrogens is 3. The number of carbonyl (C=O) groups is 3. The van der Waals surface area contributed by atoms with Crippen molar-refractivity contribution in [2.45, 2.75) is 122 Å². The Bertz CT molecular complexity index is 2310. The highest BCUT2D eigenvalue weighted by Gasteiger charge is 2.86. The number of ether oxygens (including phenoxy) is 4. The minimum atomic E-state index is -1.53. The molecule has 4 bridgehead atoms. The first-order valence-corrected chi connectivity index (χ1v) is 20.1. The van der Waals surface area contributed by atoms with Gasteiger partial charge >= 0.3 is 5.97 Å². The average Bonchev–Trinajstić information content (AvgIpc) is 3.67. The number of hydrogen-bond donors (Lipinski definition) is 2. The van der Waals surface area contributed by atoms with Gasteiger partial charge in [0.2, 0.25) is 11.9 Å². The molecule has 13 heteroatoms. The molecule has 1 saturated heterocycles. The van der Waals surface area contributed by atoms with Gasteiger partial charge in [-0.3, -0.25) is 14.4 Å². The number of aliphatic imine (C=N–C) groups is 1. The number of esters is 1. The summed E-state index contributed by atoms with van der Waals surface area (Å²) < 4.78 is 30.1. The Morgan fingerprint density at radius 1 is 1.02 bits per heavy atom. The van der Waals surface area contributed by atoms with Crippen LogP contribution in [-0.2, 0) is 25.5 Å². The third-order valence-corrected chi connectivity index (χ3v) is 13.2. The highest BCUT2D eigenvalue weighted by Crippen LogP contribution is 2.74. The predicted molar refractivity (Wildman–Crippen MR) is 211 cm³/mol. The van der Waals surface area contributed by atoms with Gasteiger partial charge in [0.05, 0.1) is 47.4 Å². The number of ketones is 1. The summed E-state index contributed by atoms with van der Waals surface area (Å²) in [6.45, 7) is 15.9. The lowest BCUT2D eigenvalue weighted by molar-refractivity contribution is -0.207. The molecule has 4 fully saturated rings. The molecular weight excluding hydrogens is 727 g/mol. The third-order valence-electron chi connectivity index (χ3n) is 13.2. The fraction of sp³-hybridized carbons (Fsp3) is 0.545. The highest BCUT2D eigenvalue weighted by molar-refractivity contribution is 6.16. The SMILES string of the molecule is CC(C)=CCCC1(C)C=C2CC(=O)Oc3c2c(c(CC=C(C)C)c2c3C3=Nc4ncnn4C4C5CC6C(C)(C)OC(CC=C(C)C(=O)NCCO)(C5=O)C6(O2)C34)O1. The van der Waals surface area contributed by atoms with Gasteiger partial charge in [-0.2, -0.15) is 10.1 Å². The third kappa shape index (κ3) is 5.26. The second kappa shape index (κ2) is 12.8. The van der Waals surface area contributed by atoms with E-state index in [0.717, 1.165) is 28.7 Å². The molecule has 57 heavy (non-hydrogen) atoms. The lowest BCUT2D eigenvalue weighted by atomic mass is 9.44. The molecule has 7 unspecified atom stereocenters. The lowest BCUT2D eigenvalue weighted by Crippen LogP contribution is -2.79. The molecule has 1 amide bonds. The van der Waals surface area contributed by atoms with Crippen molar-refractivity contribution in [1.29, 1.82) is 0 Å². The number of benzene rings is 1. The zero-order valence-corrected chi connectivity index (χ0v) is 33.9. The number of nitrogens with zero attached hydrogens (tertiary/aromatic N) is 4. The molecule has 3 aliphatic carbocycles. The van der Waals surface area contributed by atoms with Crippen molar-refractivity contribution in [2.75, 3.05) is 13.2 Å². The number of carbonyl (C=O) groups excluding carboxylic acids is 3. The zero-order valence-electron chi connectivity index (χ0n) is 33.9. The predicted octanol–water partition coefficient (Wildman–Crippen LogP) is 6.01. The van der Waals surface area contributed by atoms with E-state index in [4.69, 9.17) is 23.9 Å². The fourth-order valence-electron chi connectivity index (χ4n) is 11.0. The van der Waals surface area contributed by atoms with Crippen molar-refractivity contribution < 1.29 is 38.4 Å². The van der Waals surface area contributed by atoms with Crippen LogP contribution in [0.25, 0.3) is 5.57 Å². The van der Waals surface area contributed by atoms with Crippen LogP contribution in [0.15, 0.2) is 52.3 Å². The molecule has 3 saturated carbocycles. The molecule has 1 aromatic heterocycles. The Labute approximate surface area is 332 Å². The van der Waals surface area contributed by atoms with Crippen LogP contribution in [0.3, 0.4) is 0 Å².